The molecule has 3 aliphatic rings. The molecule has 8 heteroatoms. The van der Waals surface area contributed by atoms with Gasteiger partial charge in [-0.05, 0) is 38.3 Å². The number of aryl methyl sites for hydroxylation is 1. The van der Waals surface area contributed by atoms with Crippen molar-refractivity contribution in [3.63, 3.8) is 0 Å². The molecule has 1 N–H and O–H groups in total. The number of hydrogen-bond donors (Lipinski definition) is 1. The molecule has 2 aromatic rings. The predicted octanol–water partition coefficient (Wildman–Crippen LogP) is 1.70. The minimum atomic E-state index is -0.558. The summed E-state index contributed by atoms with van der Waals surface area (Å²) in [6.07, 6.45) is 7.68. The molecule has 0 saturated carbocycles. The first-order chi connectivity index (χ1) is 14.1. The maximum atomic E-state index is 13.0. The topological polar surface area (TPSA) is 81.5 Å². The summed E-state index contributed by atoms with van der Waals surface area (Å²) in [7, 11) is 0. The molecule has 2 saturated heterocycles. The smallest absolute Gasteiger partial charge is 0.255 e. The number of carbonyl (C=O) groups is 1. The van der Waals surface area contributed by atoms with Gasteiger partial charge in [-0.2, -0.15) is 0 Å². The normalized spacial score (nSPS) is 26.4. The Balaban J connectivity index is 1.34. The Kier molecular flexibility index (Phi) is 4.85. The van der Waals surface area contributed by atoms with Crippen LogP contribution in [0, 0.1) is 6.92 Å². The van der Waals surface area contributed by atoms with Crippen LogP contribution >= 0.6 is 0 Å². The molecule has 2 atom stereocenters. The van der Waals surface area contributed by atoms with Crippen molar-refractivity contribution in [2.75, 3.05) is 31.6 Å². The number of anilines is 1. The fourth-order valence-corrected chi connectivity index (χ4v) is 4.76. The van der Waals surface area contributed by atoms with Gasteiger partial charge in [0, 0.05) is 44.3 Å². The van der Waals surface area contributed by atoms with Crippen molar-refractivity contribution >= 4 is 11.6 Å². The lowest BCUT2D eigenvalue weighted by Crippen LogP contribution is -2.54. The van der Waals surface area contributed by atoms with Gasteiger partial charge in [0.15, 0.2) is 6.10 Å². The Labute approximate surface area is 170 Å². The van der Waals surface area contributed by atoms with Gasteiger partial charge in [-0.1, -0.05) is 0 Å². The lowest BCUT2D eigenvalue weighted by atomic mass is 9.87. The first-order valence-corrected chi connectivity index (χ1v) is 10.4. The Hall–Kier alpha value is -2.29. The molecule has 0 aliphatic carbocycles. The van der Waals surface area contributed by atoms with Gasteiger partial charge in [0.2, 0.25) is 0 Å². The zero-order chi connectivity index (χ0) is 19.8. The number of carbonyl (C=O) groups excluding carboxylic acids is 1. The fraction of sp³-hybridized carbons (Fsp3) is 0.571. The highest BCUT2D eigenvalue weighted by molar-refractivity contribution is 5.94. The summed E-state index contributed by atoms with van der Waals surface area (Å²) in [5, 5.41) is 2.99. The maximum Gasteiger partial charge on any atom is 0.255 e. The van der Waals surface area contributed by atoms with Crippen LogP contribution in [0.2, 0.25) is 0 Å². The molecule has 5 rings (SSSR count). The number of fused-ring (bicyclic) bond motifs is 2. The summed E-state index contributed by atoms with van der Waals surface area (Å²) < 4.78 is 14.2. The SMILES string of the molecule is Cc1ncccc1NC(=O)[C@@H]1Cn2ccnc2C2(CCN([C@H]3CCOC3)CC2)O1. The van der Waals surface area contributed by atoms with Crippen molar-refractivity contribution < 1.29 is 14.3 Å². The number of pyridine rings is 1. The quantitative estimate of drug-likeness (QED) is 0.849. The summed E-state index contributed by atoms with van der Waals surface area (Å²) in [5.41, 5.74) is 1.01. The average Bonchev–Trinajstić information content (AvgIpc) is 3.42. The van der Waals surface area contributed by atoms with Crippen LogP contribution < -0.4 is 5.32 Å². The first kappa shape index (κ1) is 18.7. The zero-order valence-corrected chi connectivity index (χ0v) is 16.7. The van der Waals surface area contributed by atoms with Gasteiger partial charge in [0.25, 0.3) is 5.91 Å². The van der Waals surface area contributed by atoms with Crippen LogP contribution in [0.1, 0.15) is 30.8 Å². The molecule has 0 radical (unpaired) electrons. The molecule has 2 aromatic heterocycles. The van der Waals surface area contributed by atoms with E-state index in [1.54, 1.807) is 6.20 Å². The van der Waals surface area contributed by atoms with E-state index >= 15 is 0 Å². The van der Waals surface area contributed by atoms with Gasteiger partial charge >= 0.3 is 0 Å². The highest BCUT2D eigenvalue weighted by Crippen LogP contribution is 2.41. The molecule has 0 unspecified atom stereocenters. The molecule has 2 fully saturated rings. The fourth-order valence-electron chi connectivity index (χ4n) is 4.76. The van der Waals surface area contributed by atoms with Gasteiger partial charge in [0.05, 0.1) is 24.5 Å². The van der Waals surface area contributed by atoms with E-state index in [2.05, 4.69) is 24.8 Å². The maximum absolute atomic E-state index is 13.0. The minimum absolute atomic E-state index is 0.133. The summed E-state index contributed by atoms with van der Waals surface area (Å²) in [6, 6.07) is 4.19. The van der Waals surface area contributed by atoms with Crippen molar-refractivity contribution in [3.8, 4) is 0 Å². The summed E-state index contributed by atoms with van der Waals surface area (Å²) in [5.74, 6) is 0.813. The first-order valence-electron chi connectivity index (χ1n) is 10.4. The van der Waals surface area contributed by atoms with Crippen LogP contribution in [0.3, 0.4) is 0 Å². The molecular formula is C21H27N5O3. The number of hydrogen-bond acceptors (Lipinski definition) is 6. The molecule has 1 amide bonds. The third-order valence-corrected chi connectivity index (χ3v) is 6.44. The van der Waals surface area contributed by atoms with Crippen molar-refractivity contribution in [2.45, 2.75) is 50.5 Å². The standard InChI is InChI=1S/C21H27N5O3/c1-15-17(3-2-7-22-15)24-19(27)18-13-26-11-8-23-20(26)21(29-18)5-9-25(10-6-21)16-4-12-28-14-16/h2-3,7-8,11,16,18H,4-6,9-10,12-14H2,1H3,(H,24,27)/t16-,18-/m0/s1. The molecule has 3 aliphatic heterocycles. The second-order valence-corrected chi connectivity index (χ2v) is 8.18. The van der Waals surface area contributed by atoms with E-state index in [4.69, 9.17) is 9.47 Å². The highest BCUT2D eigenvalue weighted by atomic mass is 16.5. The van der Waals surface area contributed by atoms with Crippen LogP contribution in [0.5, 0.6) is 0 Å². The van der Waals surface area contributed by atoms with Gasteiger partial charge < -0.3 is 19.4 Å². The van der Waals surface area contributed by atoms with Gasteiger partial charge in [-0.25, -0.2) is 4.98 Å². The second-order valence-electron chi connectivity index (χ2n) is 8.18. The molecule has 154 valence electrons. The lowest BCUT2D eigenvalue weighted by Gasteiger charge is -2.46. The number of nitrogens with one attached hydrogen (secondary N) is 1. The number of likely N-dealkylation sites (tertiary alicyclic amines) is 1. The molecule has 1 spiro atoms. The minimum Gasteiger partial charge on any atom is -0.380 e. The van der Waals surface area contributed by atoms with Crippen molar-refractivity contribution in [1.82, 2.24) is 19.4 Å². The molecule has 29 heavy (non-hydrogen) atoms. The van der Waals surface area contributed by atoms with Crippen LogP contribution in [0.4, 0.5) is 5.69 Å². The van der Waals surface area contributed by atoms with Crippen LogP contribution in [-0.4, -0.2) is 63.8 Å². The Morgan fingerprint density at radius 3 is 2.90 bits per heavy atom. The monoisotopic (exact) mass is 397 g/mol. The van der Waals surface area contributed by atoms with Crippen LogP contribution in [0.15, 0.2) is 30.7 Å². The molecule has 0 bridgehead atoms. The third kappa shape index (κ3) is 3.45. The average molecular weight is 397 g/mol. The van der Waals surface area contributed by atoms with E-state index in [-0.39, 0.29) is 5.91 Å². The highest BCUT2D eigenvalue weighted by Gasteiger charge is 2.48. The number of amides is 1. The van der Waals surface area contributed by atoms with Crippen molar-refractivity contribution in [3.05, 3.63) is 42.2 Å². The second kappa shape index (κ2) is 7.51. The summed E-state index contributed by atoms with van der Waals surface area (Å²) >= 11 is 0. The van der Waals surface area contributed by atoms with Crippen molar-refractivity contribution in [1.29, 1.82) is 0 Å². The van der Waals surface area contributed by atoms with Crippen molar-refractivity contribution in [2.24, 2.45) is 0 Å². The Morgan fingerprint density at radius 1 is 1.28 bits per heavy atom. The van der Waals surface area contributed by atoms with E-state index in [9.17, 15) is 4.79 Å². The van der Waals surface area contributed by atoms with Crippen LogP contribution in [0.25, 0.3) is 0 Å². The number of imidazole rings is 1. The van der Waals surface area contributed by atoms with Gasteiger partial charge in [0.1, 0.15) is 11.4 Å². The zero-order valence-electron chi connectivity index (χ0n) is 16.7. The van der Waals surface area contributed by atoms with E-state index in [0.29, 0.717) is 12.6 Å². The number of ether oxygens (including phenoxy) is 2. The molecule has 0 aromatic carbocycles. The number of piperidine rings is 1. The molecule has 8 nitrogen and oxygen atoms in total. The van der Waals surface area contributed by atoms with E-state index in [0.717, 1.165) is 62.8 Å². The van der Waals surface area contributed by atoms with E-state index in [1.165, 1.54) is 0 Å². The molecule has 5 heterocycles. The largest absolute Gasteiger partial charge is 0.380 e. The Morgan fingerprint density at radius 2 is 2.14 bits per heavy atom. The summed E-state index contributed by atoms with van der Waals surface area (Å²) in [4.78, 5) is 24.4. The number of aromatic nitrogens is 3. The molecular weight excluding hydrogens is 370 g/mol. The Bertz CT molecular complexity index is 884. The third-order valence-electron chi connectivity index (χ3n) is 6.44. The van der Waals surface area contributed by atoms with E-state index in [1.807, 2.05) is 31.5 Å². The number of rotatable bonds is 3. The van der Waals surface area contributed by atoms with Gasteiger partial charge in [-0.3, -0.25) is 14.7 Å². The van der Waals surface area contributed by atoms with Gasteiger partial charge in [-0.15, -0.1) is 0 Å². The predicted molar refractivity (Wildman–Crippen MR) is 106 cm³/mol. The number of nitrogens with zero attached hydrogens (tertiary/aromatic N) is 4. The van der Waals surface area contributed by atoms with Crippen LogP contribution in [-0.2, 0) is 26.4 Å². The lowest BCUT2D eigenvalue weighted by molar-refractivity contribution is -0.171. The summed E-state index contributed by atoms with van der Waals surface area (Å²) in [6.45, 7) is 5.88. The van der Waals surface area contributed by atoms with E-state index < -0.39 is 11.7 Å².